The van der Waals surface area contributed by atoms with Gasteiger partial charge in [-0.15, -0.1) is 0 Å². The summed E-state index contributed by atoms with van der Waals surface area (Å²) in [5.74, 6) is -0.462. The van der Waals surface area contributed by atoms with Crippen LogP contribution >= 0.6 is 22.6 Å². The number of amides is 1. The zero-order valence-corrected chi connectivity index (χ0v) is 12.5. The predicted octanol–water partition coefficient (Wildman–Crippen LogP) is 3.60. The SMILES string of the molecule is CCC(C)(C)CNC(=O)c1ccc(F)cc1I. The molecular formula is C13H17FINO. The largest absolute Gasteiger partial charge is 0.351 e. The average molecular weight is 349 g/mol. The van der Waals surface area contributed by atoms with Crippen LogP contribution in [0.4, 0.5) is 4.39 Å². The van der Waals surface area contributed by atoms with Crippen molar-refractivity contribution in [3.05, 3.63) is 33.1 Å². The third-order valence-corrected chi connectivity index (χ3v) is 3.75. The fourth-order valence-electron chi connectivity index (χ4n) is 1.21. The van der Waals surface area contributed by atoms with Crippen LogP contribution in [-0.4, -0.2) is 12.5 Å². The van der Waals surface area contributed by atoms with Gasteiger partial charge in [0.2, 0.25) is 0 Å². The van der Waals surface area contributed by atoms with Crippen LogP contribution in [0.3, 0.4) is 0 Å². The quantitative estimate of drug-likeness (QED) is 0.827. The van der Waals surface area contributed by atoms with E-state index < -0.39 is 0 Å². The molecule has 0 aliphatic carbocycles. The van der Waals surface area contributed by atoms with Crippen LogP contribution in [0.5, 0.6) is 0 Å². The Kier molecular flexibility index (Phi) is 4.91. The third kappa shape index (κ3) is 4.26. The van der Waals surface area contributed by atoms with Gasteiger partial charge in [-0.3, -0.25) is 4.79 Å². The van der Waals surface area contributed by atoms with E-state index >= 15 is 0 Å². The molecule has 1 aromatic rings. The van der Waals surface area contributed by atoms with E-state index in [0.29, 0.717) is 15.7 Å². The summed E-state index contributed by atoms with van der Waals surface area (Å²) in [6.07, 6.45) is 0.994. The fourth-order valence-corrected chi connectivity index (χ4v) is 1.94. The number of carbonyl (C=O) groups is 1. The molecule has 0 spiro atoms. The zero-order valence-electron chi connectivity index (χ0n) is 10.3. The maximum atomic E-state index is 12.9. The van der Waals surface area contributed by atoms with Crippen molar-refractivity contribution >= 4 is 28.5 Å². The molecule has 0 aliphatic rings. The molecule has 2 nitrogen and oxygen atoms in total. The van der Waals surface area contributed by atoms with E-state index in [-0.39, 0.29) is 17.1 Å². The maximum Gasteiger partial charge on any atom is 0.252 e. The van der Waals surface area contributed by atoms with E-state index in [1.54, 1.807) is 0 Å². The van der Waals surface area contributed by atoms with Gasteiger partial charge in [-0.1, -0.05) is 20.8 Å². The molecule has 0 saturated carbocycles. The Bertz CT molecular complexity index is 418. The highest BCUT2D eigenvalue weighted by Crippen LogP contribution is 2.19. The van der Waals surface area contributed by atoms with Crippen molar-refractivity contribution in [1.29, 1.82) is 0 Å². The Hall–Kier alpha value is -0.650. The topological polar surface area (TPSA) is 29.1 Å². The highest BCUT2D eigenvalue weighted by molar-refractivity contribution is 14.1. The molecule has 0 radical (unpaired) electrons. The lowest BCUT2D eigenvalue weighted by molar-refractivity contribution is 0.0935. The van der Waals surface area contributed by atoms with Crippen LogP contribution in [0.25, 0.3) is 0 Å². The van der Waals surface area contributed by atoms with Gasteiger partial charge in [0.1, 0.15) is 5.82 Å². The van der Waals surface area contributed by atoms with Crippen LogP contribution in [0.1, 0.15) is 37.6 Å². The van der Waals surface area contributed by atoms with Gasteiger partial charge in [-0.25, -0.2) is 4.39 Å². The molecule has 1 N–H and O–H groups in total. The summed E-state index contributed by atoms with van der Waals surface area (Å²) in [7, 11) is 0. The number of rotatable bonds is 4. The minimum Gasteiger partial charge on any atom is -0.351 e. The van der Waals surface area contributed by atoms with E-state index in [1.165, 1.54) is 18.2 Å². The first kappa shape index (κ1) is 14.4. The highest BCUT2D eigenvalue weighted by Gasteiger charge is 2.17. The van der Waals surface area contributed by atoms with Crippen molar-refractivity contribution in [2.75, 3.05) is 6.54 Å². The zero-order chi connectivity index (χ0) is 13.1. The molecular weight excluding hydrogens is 332 g/mol. The lowest BCUT2D eigenvalue weighted by Gasteiger charge is -2.22. The normalized spacial score (nSPS) is 11.4. The van der Waals surface area contributed by atoms with Gasteiger partial charge in [0.05, 0.1) is 5.56 Å². The second-order valence-corrected chi connectivity index (χ2v) is 5.99. The van der Waals surface area contributed by atoms with Crippen LogP contribution < -0.4 is 5.32 Å². The molecule has 1 rings (SSSR count). The Morgan fingerprint density at radius 2 is 2.12 bits per heavy atom. The molecule has 0 heterocycles. The maximum absolute atomic E-state index is 12.9. The lowest BCUT2D eigenvalue weighted by atomic mass is 9.90. The van der Waals surface area contributed by atoms with Crippen LogP contribution in [0.15, 0.2) is 18.2 Å². The van der Waals surface area contributed by atoms with Crippen LogP contribution in [0.2, 0.25) is 0 Å². The smallest absolute Gasteiger partial charge is 0.252 e. The molecule has 4 heteroatoms. The summed E-state index contributed by atoms with van der Waals surface area (Å²) >= 11 is 1.97. The monoisotopic (exact) mass is 349 g/mol. The summed E-state index contributed by atoms with van der Waals surface area (Å²) in [5.41, 5.74) is 0.611. The summed E-state index contributed by atoms with van der Waals surface area (Å²) in [6, 6.07) is 4.19. The van der Waals surface area contributed by atoms with Crippen molar-refractivity contribution in [2.45, 2.75) is 27.2 Å². The van der Waals surface area contributed by atoms with Crippen LogP contribution in [0, 0.1) is 14.8 Å². The number of nitrogens with one attached hydrogen (secondary N) is 1. The molecule has 1 amide bonds. The summed E-state index contributed by atoms with van der Waals surface area (Å²) < 4.78 is 13.5. The minimum absolute atomic E-state index is 0.0845. The van der Waals surface area contributed by atoms with E-state index in [9.17, 15) is 9.18 Å². The number of hydrogen-bond donors (Lipinski definition) is 1. The van der Waals surface area contributed by atoms with Gasteiger partial charge in [-0.05, 0) is 52.6 Å². The Balaban J connectivity index is 2.71. The summed E-state index contributed by atoms with van der Waals surface area (Å²) in [5, 5.41) is 2.88. The first-order valence-corrected chi connectivity index (χ1v) is 6.67. The van der Waals surface area contributed by atoms with Gasteiger partial charge in [-0.2, -0.15) is 0 Å². The molecule has 0 aliphatic heterocycles. The highest BCUT2D eigenvalue weighted by atomic mass is 127. The molecule has 0 bridgehead atoms. The Morgan fingerprint density at radius 3 is 2.65 bits per heavy atom. The van der Waals surface area contributed by atoms with Gasteiger partial charge >= 0.3 is 0 Å². The number of carbonyl (C=O) groups excluding carboxylic acids is 1. The standard InChI is InChI=1S/C13H17FINO/c1-4-13(2,3)8-16-12(17)10-6-5-9(14)7-11(10)15/h5-7H,4,8H2,1-3H3,(H,16,17). The van der Waals surface area contributed by atoms with Gasteiger partial charge in [0.25, 0.3) is 5.91 Å². The summed E-state index contributed by atoms with van der Waals surface area (Å²) in [4.78, 5) is 11.9. The lowest BCUT2D eigenvalue weighted by Crippen LogP contribution is -2.34. The minimum atomic E-state index is -0.320. The fraction of sp³-hybridized carbons (Fsp3) is 0.462. The van der Waals surface area contributed by atoms with E-state index in [4.69, 9.17) is 0 Å². The predicted molar refractivity (Wildman–Crippen MR) is 75.5 cm³/mol. The molecule has 17 heavy (non-hydrogen) atoms. The molecule has 0 aromatic heterocycles. The van der Waals surface area contributed by atoms with Gasteiger partial charge in [0, 0.05) is 10.1 Å². The number of hydrogen-bond acceptors (Lipinski definition) is 1. The molecule has 1 aromatic carbocycles. The van der Waals surface area contributed by atoms with E-state index in [0.717, 1.165) is 6.42 Å². The Labute approximate surface area is 115 Å². The van der Waals surface area contributed by atoms with E-state index in [2.05, 4.69) is 26.1 Å². The average Bonchev–Trinajstić information content (AvgIpc) is 2.26. The van der Waals surface area contributed by atoms with Gasteiger partial charge in [0.15, 0.2) is 0 Å². The third-order valence-electron chi connectivity index (χ3n) is 2.86. The van der Waals surface area contributed by atoms with Crippen molar-refractivity contribution in [3.8, 4) is 0 Å². The first-order chi connectivity index (χ1) is 7.85. The first-order valence-electron chi connectivity index (χ1n) is 5.59. The molecule has 94 valence electrons. The van der Waals surface area contributed by atoms with Crippen LogP contribution in [-0.2, 0) is 0 Å². The second-order valence-electron chi connectivity index (χ2n) is 4.82. The molecule has 0 atom stereocenters. The Morgan fingerprint density at radius 1 is 1.47 bits per heavy atom. The van der Waals surface area contributed by atoms with Crippen molar-refractivity contribution in [3.63, 3.8) is 0 Å². The summed E-state index contributed by atoms with van der Waals surface area (Å²) in [6.45, 7) is 6.91. The molecule has 0 unspecified atom stereocenters. The second kappa shape index (κ2) is 5.80. The molecule has 0 saturated heterocycles. The van der Waals surface area contributed by atoms with E-state index in [1.807, 2.05) is 22.6 Å². The van der Waals surface area contributed by atoms with Gasteiger partial charge < -0.3 is 5.32 Å². The number of benzene rings is 1. The number of halogens is 2. The van der Waals surface area contributed by atoms with Crippen molar-refractivity contribution in [1.82, 2.24) is 5.32 Å². The van der Waals surface area contributed by atoms with Crippen molar-refractivity contribution < 1.29 is 9.18 Å². The molecule has 0 fully saturated rings. The van der Waals surface area contributed by atoms with Crippen molar-refractivity contribution in [2.24, 2.45) is 5.41 Å².